The van der Waals surface area contributed by atoms with E-state index in [0.717, 1.165) is 12.1 Å². The Balaban J connectivity index is 2.62. The van der Waals surface area contributed by atoms with Crippen molar-refractivity contribution >= 4 is 5.78 Å². The number of Topliss-reactive ketones (excluding diaryl/α,β-unsaturated/α-hetero) is 1. The molecular weight excluding hydrogens is 219 g/mol. The zero-order chi connectivity index (χ0) is 12.2. The summed E-state index contributed by atoms with van der Waals surface area (Å²) in [5, 5.41) is 0. The summed E-state index contributed by atoms with van der Waals surface area (Å²) in [6.45, 7) is -0.0271. The molecule has 0 amide bonds. The molecule has 0 radical (unpaired) electrons. The summed E-state index contributed by atoms with van der Waals surface area (Å²) in [5.41, 5.74) is 5.14. The summed E-state index contributed by atoms with van der Waals surface area (Å²) in [4.78, 5) is 10.9. The number of carbonyl (C=O) groups is 1. The van der Waals surface area contributed by atoms with E-state index in [0.29, 0.717) is 12.0 Å². The lowest BCUT2D eigenvalue weighted by Crippen LogP contribution is -2.13. The molecule has 0 spiro atoms. The first kappa shape index (κ1) is 12.7. The summed E-state index contributed by atoms with van der Waals surface area (Å²) in [6.07, 6.45) is -3.62. The number of aryl methyl sites for hydroxylation is 1. The van der Waals surface area contributed by atoms with E-state index in [9.17, 15) is 18.0 Å². The Bertz CT molecular complexity index is 356. The Labute approximate surface area is 91.3 Å². The molecule has 16 heavy (non-hydrogen) atoms. The third-order valence-electron chi connectivity index (χ3n) is 2.20. The molecule has 0 fully saturated rings. The van der Waals surface area contributed by atoms with Gasteiger partial charge in [-0.05, 0) is 24.1 Å². The number of hydrogen-bond donors (Lipinski definition) is 1. The van der Waals surface area contributed by atoms with Gasteiger partial charge in [0.1, 0.15) is 5.78 Å². The predicted molar refractivity (Wildman–Crippen MR) is 53.8 cm³/mol. The highest BCUT2D eigenvalue weighted by atomic mass is 19.4. The molecule has 0 saturated heterocycles. The average molecular weight is 231 g/mol. The van der Waals surface area contributed by atoms with Crippen LogP contribution in [0.5, 0.6) is 0 Å². The highest BCUT2D eigenvalue weighted by Gasteiger charge is 2.29. The molecule has 1 rings (SSSR count). The SMILES string of the molecule is NCC(=O)CCc1ccc(C(F)(F)F)cc1. The largest absolute Gasteiger partial charge is 0.416 e. The van der Waals surface area contributed by atoms with Crippen LogP contribution < -0.4 is 5.73 Å². The predicted octanol–water partition coefficient (Wildman–Crippen LogP) is 2.17. The lowest BCUT2D eigenvalue weighted by Gasteiger charge is -2.07. The van der Waals surface area contributed by atoms with Crippen LogP contribution >= 0.6 is 0 Å². The minimum absolute atomic E-state index is 0.0271. The monoisotopic (exact) mass is 231 g/mol. The Kier molecular flexibility index (Phi) is 4.06. The van der Waals surface area contributed by atoms with E-state index in [1.807, 2.05) is 0 Å². The van der Waals surface area contributed by atoms with Crippen LogP contribution in [0, 0.1) is 0 Å². The summed E-state index contributed by atoms with van der Waals surface area (Å²) >= 11 is 0. The second-order valence-corrected chi connectivity index (χ2v) is 3.44. The van der Waals surface area contributed by atoms with Gasteiger partial charge in [-0.3, -0.25) is 4.79 Å². The maximum atomic E-state index is 12.2. The standard InChI is InChI=1S/C11H12F3NO/c12-11(13,14)9-4-1-8(2-5-9)3-6-10(16)7-15/h1-2,4-5H,3,6-7,15H2. The van der Waals surface area contributed by atoms with E-state index in [-0.39, 0.29) is 18.7 Å². The second kappa shape index (κ2) is 5.12. The number of hydrogen-bond acceptors (Lipinski definition) is 2. The lowest BCUT2D eigenvalue weighted by atomic mass is 10.1. The van der Waals surface area contributed by atoms with Crippen LogP contribution in [0.25, 0.3) is 0 Å². The topological polar surface area (TPSA) is 43.1 Å². The van der Waals surface area contributed by atoms with Crippen LogP contribution in [0.1, 0.15) is 17.5 Å². The zero-order valence-electron chi connectivity index (χ0n) is 8.55. The second-order valence-electron chi connectivity index (χ2n) is 3.44. The number of alkyl halides is 3. The van der Waals surface area contributed by atoms with Gasteiger partial charge >= 0.3 is 6.18 Å². The number of ketones is 1. The molecule has 0 aromatic heterocycles. The van der Waals surface area contributed by atoms with Crippen LogP contribution in [0.4, 0.5) is 13.2 Å². The van der Waals surface area contributed by atoms with Crippen molar-refractivity contribution < 1.29 is 18.0 Å². The molecule has 1 aromatic carbocycles. The fourth-order valence-electron chi connectivity index (χ4n) is 1.25. The third-order valence-corrected chi connectivity index (χ3v) is 2.20. The van der Waals surface area contributed by atoms with E-state index in [4.69, 9.17) is 5.73 Å². The van der Waals surface area contributed by atoms with Gasteiger partial charge in [-0.25, -0.2) is 0 Å². The van der Waals surface area contributed by atoms with Gasteiger partial charge < -0.3 is 5.73 Å². The Morgan fingerprint density at radius 1 is 1.19 bits per heavy atom. The van der Waals surface area contributed by atoms with Crippen molar-refractivity contribution in [1.29, 1.82) is 0 Å². The summed E-state index contributed by atoms with van der Waals surface area (Å²) in [6, 6.07) is 4.80. The molecule has 0 aliphatic rings. The first-order valence-corrected chi connectivity index (χ1v) is 4.81. The maximum Gasteiger partial charge on any atom is 0.416 e. The number of benzene rings is 1. The number of rotatable bonds is 4. The molecule has 2 N–H and O–H groups in total. The molecule has 88 valence electrons. The number of halogens is 3. The van der Waals surface area contributed by atoms with Crippen molar-refractivity contribution in [3.63, 3.8) is 0 Å². The molecular formula is C11H12F3NO. The van der Waals surface area contributed by atoms with Crippen molar-refractivity contribution in [3.8, 4) is 0 Å². The van der Waals surface area contributed by atoms with Crippen LogP contribution in [0.15, 0.2) is 24.3 Å². The fraction of sp³-hybridized carbons (Fsp3) is 0.364. The number of nitrogens with two attached hydrogens (primary N) is 1. The molecule has 5 heteroatoms. The van der Waals surface area contributed by atoms with Crippen molar-refractivity contribution in [2.45, 2.75) is 19.0 Å². The van der Waals surface area contributed by atoms with E-state index in [1.165, 1.54) is 12.1 Å². The molecule has 1 aromatic rings. The number of carbonyl (C=O) groups excluding carboxylic acids is 1. The Morgan fingerprint density at radius 2 is 1.75 bits per heavy atom. The van der Waals surface area contributed by atoms with Gasteiger partial charge in [0, 0.05) is 6.42 Å². The molecule has 0 atom stereocenters. The van der Waals surface area contributed by atoms with Gasteiger partial charge in [0.25, 0.3) is 0 Å². The van der Waals surface area contributed by atoms with Crippen molar-refractivity contribution in [1.82, 2.24) is 0 Å². The van der Waals surface area contributed by atoms with Crippen molar-refractivity contribution in [2.75, 3.05) is 6.54 Å². The van der Waals surface area contributed by atoms with Crippen molar-refractivity contribution in [3.05, 3.63) is 35.4 Å². The van der Waals surface area contributed by atoms with Crippen LogP contribution in [0.3, 0.4) is 0 Å². The maximum absolute atomic E-state index is 12.2. The summed E-state index contributed by atoms with van der Waals surface area (Å²) in [7, 11) is 0. The average Bonchev–Trinajstić information content (AvgIpc) is 2.25. The fourth-order valence-corrected chi connectivity index (χ4v) is 1.25. The molecule has 2 nitrogen and oxygen atoms in total. The van der Waals surface area contributed by atoms with E-state index < -0.39 is 11.7 Å². The normalized spacial score (nSPS) is 11.5. The first-order chi connectivity index (χ1) is 7.43. The van der Waals surface area contributed by atoms with Gasteiger partial charge in [0.2, 0.25) is 0 Å². The first-order valence-electron chi connectivity index (χ1n) is 4.81. The quantitative estimate of drug-likeness (QED) is 0.862. The van der Waals surface area contributed by atoms with Gasteiger partial charge in [0.05, 0.1) is 12.1 Å². The smallest absolute Gasteiger partial charge is 0.324 e. The highest BCUT2D eigenvalue weighted by Crippen LogP contribution is 2.29. The van der Waals surface area contributed by atoms with Gasteiger partial charge in [0.15, 0.2) is 0 Å². The molecule has 0 aliphatic carbocycles. The van der Waals surface area contributed by atoms with E-state index in [1.54, 1.807) is 0 Å². The highest BCUT2D eigenvalue weighted by molar-refractivity contribution is 5.80. The molecule has 0 aliphatic heterocycles. The van der Waals surface area contributed by atoms with Crippen LogP contribution in [0.2, 0.25) is 0 Å². The van der Waals surface area contributed by atoms with Crippen LogP contribution in [-0.2, 0) is 17.4 Å². The van der Waals surface area contributed by atoms with E-state index >= 15 is 0 Å². The summed E-state index contributed by atoms with van der Waals surface area (Å²) < 4.78 is 36.7. The van der Waals surface area contributed by atoms with Crippen LogP contribution in [-0.4, -0.2) is 12.3 Å². The molecule has 0 heterocycles. The van der Waals surface area contributed by atoms with Crippen molar-refractivity contribution in [2.24, 2.45) is 5.73 Å². The van der Waals surface area contributed by atoms with Gasteiger partial charge in [-0.2, -0.15) is 13.2 Å². The minimum atomic E-state index is -4.31. The molecule has 0 unspecified atom stereocenters. The Morgan fingerprint density at radius 3 is 2.19 bits per heavy atom. The Hall–Kier alpha value is -1.36. The zero-order valence-corrected chi connectivity index (χ0v) is 8.55. The summed E-state index contributed by atoms with van der Waals surface area (Å²) in [5.74, 6) is -0.0973. The lowest BCUT2D eigenvalue weighted by molar-refractivity contribution is -0.137. The van der Waals surface area contributed by atoms with E-state index in [2.05, 4.69) is 0 Å². The van der Waals surface area contributed by atoms with Gasteiger partial charge in [-0.1, -0.05) is 12.1 Å². The third kappa shape index (κ3) is 3.66. The minimum Gasteiger partial charge on any atom is -0.324 e. The van der Waals surface area contributed by atoms with Gasteiger partial charge in [-0.15, -0.1) is 0 Å². The molecule has 0 saturated carbocycles. The molecule has 0 bridgehead atoms.